The third-order valence-electron chi connectivity index (χ3n) is 4.70. The average molecular weight is 450 g/mol. The molecular formula is C19H17F2N5O2S2. The monoisotopic (exact) mass is 449 g/mol. The van der Waals surface area contributed by atoms with E-state index >= 15 is 0 Å². The van der Waals surface area contributed by atoms with Crippen LogP contribution in [0.15, 0.2) is 46.9 Å². The Kier molecular flexibility index (Phi) is 5.02. The molecule has 11 heteroatoms. The zero-order chi connectivity index (χ0) is 21.5. The Labute approximate surface area is 176 Å². The molecule has 3 aromatic rings. The number of nitrogens with one attached hydrogen (secondary N) is 1. The van der Waals surface area contributed by atoms with Crippen molar-refractivity contribution in [2.24, 2.45) is 4.99 Å². The van der Waals surface area contributed by atoms with Gasteiger partial charge in [0.15, 0.2) is 5.13 Å². The van der Waals surface area contributed by atoms with E-state index < -0.39 is 27.2 Å². The van der Waals surface area contributed by atoms with Gasteiger partial charge < -0.3 is 5.32 Å². The molecule has 1 aliphatic heterocycles. The molecule has 0 spiro atoms. The summed E-state index contributed by atoms with van der Waals surface area (Å²) in [5.74, 6) is -1.32. The van der Waals surface area contributed by atoms with Gasteiger partial charge in [0.2, 0.25) is 10.0 Å². The van der Waals surface area contributed by atoms with Crippen molar-refractivity contribution in [2.75, 3.05) is 18.1 Å². The van der Waals surface area contributed by atoms with Crippen LogP contribution in [-0.4, -0.2) is 41.8 Å². The molecule has 0 saturated heterocycles. The lowest BCUT2D eigenvalue weighted by Crippen LogP contribution is -2.43. The van der Waals surface area contributed by atoms with Crippen molar-refractivity contribution >= 4 is 38.5 Å². The molecule has 4 rings (SSSR count). The first-order valence-electron chi connectivity index (χ1n) is 8.82. The first kappa shape index (κ1) is 20.4. The number of halogens is 2. The summed E-state index contributed by atoms with van der Waals surface area (Å²) in [6.45, 7) is 1.58. The summed E-state index contributed by atoms with van der Waals surface area (Å²) >= 11 is 1.31. The summed E-state index contributed by atoms with van der Waals surface area (Å²) in [5, 5.41) is 5.38. The Morgan fingerprint density at radius 1 is 1.20 bits per heavy atom. The van der Waals surface area contributed by atoms with Crippen LogP contribution in [0.5, 0.6) is 0 Å². The topological polar surface area (TPSA) is 87.5 Å². The number of rotatable bonds is 4. The van der Waals surface area contributed by atoms with Crippen LogP contribution < -0.4 is 5.32 Å². The van der Waals surface area contributed by atoms with Gasteiger partial charge in [-0.25, -0.2) is 22.2 Å². The summed E-state index contributed by atoms with van der Waals surface area (Å²) in [7, 11) is -2.19. The fourth-order valence-corrected chi connectivity index (χ4v) is 5.10. The molecule has 0 amide bonds. The van der Waals surface area contributed by atoms with Gasteiger partial charge in [-0.1, -0.05) is 0 Å². The minimum Gasteiger partial charge on any atom is -0.332 e. The zero-order valence-electron chi connectivity index (χ0n) is 16.0. The first-order valence-corrected chi connectivity index (χ1v) is 11.3. The lowest BCUT2D eigenvalue weighted by Gasteiger charge is -2.32. The van der Waals surface area contributed by atoms with Crippen LogP contribution in [0, 0.1) is 11.6 Å². The maximum Gasteiger partial charge on any atom is 0.238 e. The standard InChI is InChI=1S/C19H17F2N5O2S2/c1-19(10-30(27,28)26(2)11-23-19)14-7-13(4-5-15(14)21)24-18-25-17(9-29-18)16-6-3-12(20)8-22-16/h3-9,11H,10H2,1-2H3,(H,24,25). The quantitative estimate of drug-likeness (QED) is 0.656. The molecule has 1 aliphatic rings. The molecule has 1 atom stereocenters. The van der Waals surface area contributed by atoms with Gasteiger partial charge in [-0.05, 0) is 37.3 Å². The molecular weight excluding hydrogens is 432 g/mol. The molecule has 0 saturated carbocycles. The number of anilines is 2. The Hall–Kier alpha value is -2.92. The molecule has 0 radical (unpaired) electrons. The summed E-state index contributed by atoms with van der Waals surface area (Å²) in [6.07, 6.45) is 2.31. The number of aliphatic imine (C=N–C) groups is 1. The van der Waals surface area contributed by atoms with E-state index in [2.05, 4.69) is 20.3 Å². The van der Waals surface area contributed by atoms with Crippen LogP contribution in [0.2, 0.25) is 0 Å². The average Bonchev–Trinajstić information content (AvgIpc) is 3.15. The van der Waals surface area contributed by atoms with Crippen LogP contribution >= 0.6 is 11.3 Å². The van der Waals surface area contributed by atoms with E-state index in [9.17, 15) is 17.2 Å². The second kappa shape index (κ2) is 7.40. The summed E-state index contributed by atoms with van der Waals surface area (Å²) in [5.41, 5.74) is 0.547. The summed E-state index contributed by atoms with van der Waals surface area (Å²) < 4.78 is 53.2. The zero-order valence-corrected chi connectivity index (χ0v) is 17.6. The lowest BCUT2D eigenvalue weighted by atomic mass is 9.93. The molecule has 3 heterocycles. The second-order valence-corrected chi connectivity index (χ2v) is 9.90. The summed E-state index contributed by atoms with van der Waals surface area (Å²) in [6, 6.07) is 7.16. The van der Waals surface area contributed by atoms with E-state index in [1.807, 2.05) is 0 Å². The van der Waals surface area contributed by atoms with Crippen LogP contribution in [0.4, 0.5) is 19.6 Å². The maximum atomic E-state index is 14.6. The molecule has 2 aromatic heterocycles. The highest BCUT2D eigenvalue weighted by Crippen LogP contribution is 2.35. The van der Waals surface area contributed by atoms with Crippen LogP contribution in [0.3, 0.4) is 0 Å². The van der Waals surface area contributed by atoms with Crippen molar-refractivity contribution in [3.8, 4) is 11.4 Å². The third-order valence-corrected chi connectivity index (χ3v) is 7.36. The Bertz CT molecular complexity index is 1230. The van der Waals surface area contributed by atoms with Gasteiger partial charge in [0, 0.05) is 23.7 Å². The summed E-state index contributed by atoms with van der Waals surface area (Å²) in [4.78, 5) is 12.7. The number of hydrogen-bond donors (Lipinski definition) is 1. The maximum absolute atomic E-state index is 14.6. The molecule has 0 aliphatic carbocycles. The molecule has 30 heavy (non-hydrogen) atoms. The van der Waals surface area contributed by atoms with E-state index in [0.717, 1.165) is 10.5 Å². The van der Waals surface area contributed by atoms with E-state index in [1.165, 1.54) is 55.1 Å². The highest BCUT2D eigenvalue weighted by Gasteiger charge is 2.39. The van der Waals surface area contributed by atoms with E-state index in [-0.39, 0.29) is 11.3 Å². The molecule has 156 valence electrons. The van der Waals surface area contributed by atoms with E-state index in [1.54, 1.807) is 12.3 Å². The Morgan fingerprint density at radius 3 is 2.70 bits per heavy atom. The Balaban J connectivity index is 1.62. The van der Waals surface area contributed by atoms with Crippen LogP contribution in [-0.2, 0) is 15.6 Å². The lowest BCUT2D eigenvalue weighted by molar-refractivity contribution is 0.465. The predicted molar refractivity (Wildman–Crippen MR) is 112 cm³/mol. The van der Waals surface area contributed by atoms with E-state index in [0.29, 0.717) is 22.2 Å². The van der Waals surface area contributed by atoms with Crippen molar-refractivity contribution in [3.63, 3.8) is 0 Å². The van der Waals surface area contributed by atoms with Crippen molar-refractivity contribution < 1.29 is 17.2 Å². The number of thiazole rings is 1. The van der Waals surface area contributed by atoms with Gasteiger partial charge in [0.25, 0.3) is 0 Å². The first-order chi connectivity index (χ1) is 14.2. The molecule has 1 aromatic carbocycles. The second-order valence-electron chi connectivity index (χ2n) is 7.01. The molecule has 1 unspecified atom stereocenters. The fourth-order valence-electron chi connectivity index (χ4n) is 3.04. The van der Waals surface area contributed by atoms with Crippen LogP contribution in [0.1, 0.15) is 12.5 Å². The van der Waals surface area contributed by atoms with E-state index in [4.69, 9.17) is 0 Å². The van der Waals surface area contributed by atoms with Crippen molar-refractivity contribution in [1.82, 2.24) is 14.3 Å². The van der Waals surface area contributed by atoms with Gasteiger partial charge >= 0.3 is 0 Å². The number of aromatic nitrogens is 2. The number of hydrogen-bond acceptors (Lipinski definition) is 7. The van der Waals surface area contributed by atoms with Gasteiger partial charge in [-0.2, -0.15) is 0 Å². The molecule has 7 nitrogen and oxygen atoms in total. The minimum atomic E-state index is -3.58. The normalized spacial score (nSPS) is 20.3. The molecule has 1 N–H and O–H groups in total. The predicted octanol–water partition coefficient (Wildman–Crippen LogP) is 3.75. The van der Waals surface area contributed by atoms with Gasteiger partial charge in [-0.3, -0.25) is 14.3 Å². The fraction of sp³-hybridized carbons (Fsp3) is 0.211. The third kappa shape index (κ3) is 3.90. The Morgan fingerprint density at radius 2 is 2.00 bits per heavy atom. The van der Waals surface area contributed by atoms with Gasteiger partial charge in [0.1, 0.15) is 22.9 Å². The van der Waals surface area contributed by atoms with Gasteiger partial charge in [0.05, 0.1) is 24.0 Å². The highest BCUT2D eigenvalue weighted by atomic mass is 32.2. The number of pyridine rings is 1. The molecule has 0 fully saturated rings. The largest absolute Gasteiger partial charge is 0.332 e. The number of sulfonamides is 1. The van der Waals surface area contributed by atoms with Crippen molar-refractivity contribution in [2.45, 2.75) is 12.5 Å². The minimum absolute atomic E-state index is 0.164. The highest BCUT2D eigenvalue weighted by molar-refractivity contribution is 7.89. The molecule has 0 bridgehead atoms. The van der Waals surface area contributed by atoms with Gasteiger partial charge in [-0.15, -0.1) is 11.3 Å². The number of nitrogens with zero attached hydrogens (tertiary/aromatic N) is 4. The van der Waals surface area contributed by atoms with Crippen molar-refractivity contribution in [3.05, 3.63) is 59.1 Å². The smallest absolute Gasteiger partial charge is 0.238 e. The number of benzene rings is 1. The van der Waals surface area contributed by atoms with Crippen LogP contribution in [0.25, 0.3) is 11.4 Å². The SMILES string of the molecule is CN1C=NC(C)(c2cc(Nc3nc(-c4ccc(F)cn4)cs3)ccc2F)CS1(=O)=O. The van der Waals surface area contributed by atoms with Crippen molar-refractivity contribution in [1.29, 1.82) is 0 Å².